The van der Waals surface area contributed by atoms with Crippen LogP contribution in [-0.2, 0) is 0 Å². The van der Waals surface area contributed by atoms with Gasteiger partial charge in [-0.3, -0.25) is 0 Å². The fourth-order valence-electron chi connectivity index (χ4n) is 1.68. The van der Waals surface area contributed by atoms with E-state index in [1.54, 1.807) is 12.1 Å². The highest BCUT2D eigenvalue weighted by Gasteiger charge is 2.19. The van der Waals surface area contributed by atoms with Crippen molar-refractivity contribution in [2.24, 2.45) is 5.41 Å². The Morgan fingerprint density at radius 3 is 2.68 bits per heavy atom. The molecule has 102 valence electrons. The first kappa shape index (κ1) is 14.8. The van der Waals surface area contributed by atoms with Gasteiger partial charge in [0.25, 0.3) is 0 Å². The monoisotopic (exact) mass is 261 g/mol. The standard InChI is InChI=1S/C14H19N3O2/c1-14(2,9-15)6-7-17(3)12-5-4-10(16)8-11(12)13(18)19/h4-5,8H,6-7,16H2,1-3H3,(H,18,19). The molecule has 0 fully saturated rings. The summed E-state index contributed by atoms with van der Waals surface area (Å²) in [6.45, 7) is 4.33. The number of nitrogens with zero attached hydrogens (tertiary/aromatic N) is 2. The highest BCUT2D eigenvalue weighted by atomic mass is 16.4. The Morgan fingerprint density at radius 1 is 1.53 bits per heavy atom. The van der Waals surface area contributed by atoms with Crippen molar-refractivity contribution in [1.29, 1.82) is 5.26 Å². The summed E-state index contributed by atoms with van der Waals surface area (Å²) in [7, 11) is 1.81. The maximum atomic E-state index is 11.2. The van der Waals surface area contributed by atoms with Gasteiger partial charge in [0, 0.05) is 19.3 Å². The Bertz CT molecular complexity index is 518. The number of hydrogen-bond acceptors (Lipinski definition) is 4. The summed E-state index contributed by atoms with van der Waals surface area (Å²) in [4.78, 5) is 13.0. The predicted molar refractivity (Wildman–Crippen MR) is 75.1 cm³/mol. The molecule has 0 aliphatic heterocycles. The first-order chi connectivity index (χ1) is 8.76. The second kappa shape index (κ2) is 5.61. The normalized spacial score (nSPS) is 10.8. The summed E-state index contributed by atoms with van der Waals surface area (Å²) >= 11 is 0. The Labute approximate surface area is 113 Å². The van der Waals surface area contributed by atoms with Crippen LogP contribution >= 0.6 is 0 Å². The Morgan fingerprint density at radius 2 is 2.16 bits per heavy atom. The Hall–Kier alpha value is -2.22. The predicted octanol–water partition coefficient (Wildman–Crippen LogP) is 2.34. The summed E-state index contributed by atoms with van der Waals surface area (Å²) in [5, 5.41) is 18.2. The van der Waals surface area contributed by atoms with Crippen LogP contribution in [0, 0.1) is 16.7 Å². The van der Waals surface area contributed by atoms with Crippen LogP contribution in [0.1, 0.15) is 30.6 Å². The summed E-state index contributed by atoms with van der Waals surface area (Å²) in [6.07, 6.45) is 0.656. The minimum absolute atomic E-state index is 0.178. The number of benzene rings is 1. The fourth-order valence-corrected chi connectivity index (χ4v) is 1.68. The number of hydrogen-bond donors (Lipinski definition) is 2. The molecule has 0 bridgehead atoms. The zero-order chi connectivity index (χ0) is 14.6. The lowest BCUT2D eigenvalue weighted by Gasteiger charge is -2.24. The summed E-state index contributed by atoms with van der Waals surface area (Å²) in [6, 6.07) is 7.05. The van der Waals surface area contributed by atoms with Crippen LogP contribution in [0.25, 0.3) is 0 Å². The van der Waals surface area contributed by atoms with Crippen molar-refractivity contribution in [3.63, 3.8) is 0 Å². The van der Waals surface area contributed by atoms with Gasteiger partial charge < -0.3 is 15.7 Å². The molecule has 5 nitrogen and oxygen atoms in total. The summed E-state index contributed by atoms with van der Waals surface area (Å²) in [5.41, 5.74) is 6.39. The molecule has 5 heteroatoms. The van der Waals surface area contributed by atoms with Gasteiger partial charge in [-0.1, -0.05) is 0 Å². The van der Waals surface area contributed by atoms with E-state index in [-0.39, 0.29) is 5.56 Å². The molecule has 0 heterocycles. The van der Waals surface area contributed by atoms with Crippen LogP contribution in [0.4, 0.5) is 11.4 Å². The molecule has 0 unspecified atom stereocenters. The van der Waals surface area contributed by atoms with E-state index in [1.807, 2.05) is 25.8 Å². The van der Waals surface area contributed by atoms with Crippen LogP contribution in [-0.4, -0.2) is 24.7 Å². The van der Waals surface area contributed by atoms with Crippen molar-refractivity contribution in [3.05, 3.63) is 23.8 Å². The molecule has 0 atom stereocenters. The zero-order valence-electron chi connectivity index (χ0n) is 11.5. The average molecular weight is 261 g/mol. The zero-order valence-corrected chi connectivity index (χ0v) is 11.5. The number of carboxylic acid groups (broad SMARTS) is 1. The second-order valence-corrected chi connectivity index (χ2v) is 5.25. The van der Waals surface area contributed by atoms with Crippen molar-refractivity contribution in [3.8, 4) is 6.07 Å². The third-order valence-corrected chi connectivity index (χ3v) is 3.04. The van der Waals surface area contributed by atoms with Gasteiger partial charge >= 0.3 is 5.97 Å². The molecule has 0 aliphatic rings. The maximum Gasteiger partial charge on any atom is 0.337 e. The highest BCUT2D eigenvalue weighted by molar-refractivity contribution is 5.95. The molecule has 0 spiro atoms. The van der Waals surface area contributed by atoms with Crippen LogP contribution in [0.3, 0.4) is 0 Å². The van der Waals surface area contributed by atoms with E-state index in [0.717, 1.165) is 0 Å². The second-order valence-electron chi connectivity index (χ2n) is 5.25. The van der Waals surface area contributed by atoms with E-state index >= 15 is 0 Å². The van der Waals surface area contributed by atoms with Gasteiger partial charge in [-0.25, -0.2) is 4.79 Å². The first-order valence-corrected chi connectivity index (χ1v) is 6.02. The number of anilines is 2. The van der Waals surface area contributed by atoms with Gasteiger partial charge in [-0.05, 0) is 38.5 Å². The number of nitriles is 1. The molecule has 0 saturated heterocycles. The molecule has 1 rings (SSSR count). The van der Waals surface area contributed by atoms with E-state index in [1.165, 1.54) is 6.07 Å². The Kier molecular flexibility index (Phi) is 4.38. The van der Waals surface area contributed by atoms with E-state index < -0.39 is 11.4 Å². The lowest BCUT2D eigenvalue weighted by molar-refractivity contribution is 0.0697. The minimum atomic E-state index is -1.01. The van der Waals surface area contributed by atoms with Gasteiger partial charge in [0.05, 0.1) is 22.7 Å². The maximum absolute atomic E-state index is 11.2. The molecular weight excluding hydrogens is 242 g/mol. The molecule has 0 aromatic heterocycles. The van der Waals surface area contributed by atoms with Crippen LogP contribution in [0.5, 0.6) is 0 Å². The van der Waals surface area contributed by atoms with Gasteiger partial charge in [0.1, 0.15) is 0 Å². The number of aromatic carboxylic acids is 1. The largest absolute Gasteiger partial charge is 0.478 e. The highest BCUT2D eigenvalue weighted by Crippen LogP contribution is 2.25. The number of carbonyl (C=O) groups is 1. The molecule has 0 radical (unpaired) electrons. The minimum Gasteiger partial charge on any atom is -0.478 e. The Balaban J connectivity index is 2.92. The third-order valence-electron chi connectivity index (χ3n) is 3.04. The molecule has 3 N–H and O–H groups in total. The average Bonchev–Trinajstić information content (AvgIpc) is 2.36. The molecule has 0 amide bonds. The SMILES string of the molecule is CN(CCC(C)(C)C#N)c1ccc(N)cc1C(=O)O. The first-order valence-electron chi connectivity index (χ1n) is 6.02. The van der Waals surface area contributed by atoms with Gasteiger partial charge in [0.2, 0.25) is 0 Å². The van der Waals surface area contributed by atoms with Crippen LogP contribution < -0.4 is 10.6 Å². The van der Waals surface area contributed by atoms with Crippen LogP contribution in [0.15, 0.2) is 18.2 Å². The topological polar surface area (TPSA) is 90.4 Å². The number of nitrogens with two attached hydrogens (primary N) is 1. The lowest BCUT2D eigenvalue weighted by Crippen LogP contribution is -2.25. The van der Waals surface area contributed by atoms with Crippen molar-refractivity contribution in [1.82, 2.24) is 0 Å². The quantitative estimate of drug-likeness (QED) is 0.794. The van der Waals surface area contributed by atoms with Crippen LogP contribution in [0.2, 0.25) is 0 Å². The third kappa shape index (κ3) is 3.88. The molecule has 0 aliphatic carbocycles. The van der Waals surface area contributed by atoms with Crippen molar-refractivity contribution >= 4 is 17.3 Å². The fraction of sp³-hybridized carbons (Fsp3) is 0.429. The van der Waals surface area contributed by atoms with Gasteiger partial charge in [-0.15, -0.1) is 0 Å². The number of rotatable bonds is 5. The molecule has 19 heavy (non-hydrogen) atoms. The van der Waals surface area contributed by atoms with Crippen molar-refractivity contribution in [2.75, 3.05) is 24.2 Å². The molecular formula is C14H19N3O2. The molecule has 1 aromatic carbocycles. The van der Waals surface area contributed by atoms with Gasteiger partial charge in [-0.2, -0.15) is 5.26 Å². The lowest BCUT2D eigenvalue weighted by atomic mass is 9.91. The van der Waals surface area contributed by atoms with Gasteiger partial charge in [0.15, 0.2) is 0 Å². The molecule has 1 aromatic rings. The summed E-state index contributed by atoms with van der Waals surface area (Å²) < 4.78 is 0. The summed E-state index contributed by atoms with van der Waals surface area (Å²) in [5.74, 6) is -1.01. The van der Waals surface area contributed by atoms with Crippen molar-refractivity contribution < 1.29 is 9.90 Å². The molecule has 0 saturated carbocycles. The van der Waals surface area contributed by atoms with E-state index in [4.69, 9.17) is 11.0 Å². The number of nitrogen functional groups attached to an aromatic ring is 1. The smallest absolute Gasteiger partial charge is 0.337 e. The van der Waals surface area contributed by atoms with E-state index in [9.17, 15) is 9.90 Å². The van der Waals surface area contributed by atoms with Crippen molar-refractivity contribution in [2.45, 2.75) is 20.3 Å². The van der Waals surface area contributed by atoms with E-state index in [0.29, 0.717) is 24.3 Å². The van der Waals surface area contributed by atoms with E-state index in [2.05, 4.69) is 6.07 Å². The number of carboxylic acids is 1.